The highest BCUT2D eigenvalue weighted by Gasteiger charge is 2.58. The molecule has 2 atom stereocenters. The second kappa shape index (κ2) is 19.5. The van der Waals surface area contributed by atoms with E-state index in [1.807, 2.05) is 41.5 Å². The van der Waals surface area contributed by atoms with Crippen LogP contribution in [0.1, 0.15) is 93.9 Å². The molecular weight excluding hydrogens is 712 g/mol. The van der Waals surface area contributed by atoms with Crippen molar-refractivity contribution in [2.45, 2.75) is 111 Å². The molecule has 0 aromatic heterocycles. The zero-order valence-electron chi connectivity index (χ0n) is 32.7. The number of hydrogen-bond acceptors (Lipinski definition) is 14. The molecule has 16 nitrogen and oxygen atoms in total. The van der Waals surface area contributed by atoms with Crippen LogP contribution < -0.4 is 0 Å². The lowest BCUT2D eigenvalue weighted by atomic mass is 9.84. The van der Waals surface area contributed by atoms with E-state index in [0.717, 1.165) is 38.9 Å². The van der Waals surface area contributed by atoms with Crippen LogP contribution in [-0.4, -0.2) is 142 Å². The van der Waals surface area contributed by atoms with E-state index in [1.54, 1.807) is 23.6 Å². The van der Waals surface area contributed by atoms with Crippen molar-refractivity contribution in [3.63, 3.8) is 0 Å². The van der Waals surface area contributed by atoms with Gasteiger partial charge in [0.15, 0.2) is 5.71 Å². The largest absolute Gasteiger partial charge is 0.461 e. The summed E-state index contributed by atoms with van der Waals surface area (Å²) in [6, 6.07) is 0. The molecular formula is C36H59ClN6O10. The Bertz CT molecular complexity index is 1360. The monoisotopic (exact) mass is 770 g/mol. The van der Waals surface area contributed by atoms with Gasteiger partial charge in [-0.2, -0.15) is 0 Å². The van der Waals surface area contributed by atoms with Crippen LogP contribution in [-0.2, 0) is 33.4 Å². The number of hydrogen-bond donors (Lipinski definition) is 1. The van der Waals surface area contributed by atoms with Crippen molar-refractivity contribution >= 4 is 46.6 Å². The van der Waals surface area contributed by atoms with E-state index in [4.69, 9.17) is 35.9 Å². The number of fused-ring (bicyclic) bond motifs is 1. The smallest absolute Gasteiger partial charge is 0.410 e. The van der Waals surface area contributed by atoms with Crippen LogP contribution in [0, 0.1) is 5.92 Å². The van der Waals surface area contributed by atoms with Crippen molar-refractivity contribution in [3.05, 3.63) is 11.8 Å². The lowest BCUT2D eigenvalue weighted by Gasteiger charge is -2.46. The van der Waals surface area contributed by atoms with E-state index in [9.17, 15) is 19.2 Å². The summed E-state index contributed by atoms with van der Waals surface area (Å²) in [6.45, 7) is 21.6. The quantitative estimate of drug-likeness (QED) is 0.124. The van der Waals surface area contributed by atoms with Crippen molar-refractivity contribution in [2.24, 2.45) is 16.2 Å². The Morgan fingerprint density at radius 3 is 1.96 bits per heavy atom. The fourth-order valence-electron chi connectivity index (χ4n) is 6.61. The Balaban J connectivity index is 0.000000242. The lowest BCUT2D eigenvalue weighted by Crippen LogP contribution is -2.62. The first-order valence-corrected chi connectivity index (χ1v) is 18.9. The molecule has 53 heavy (non-hydrogen) atoms. The van der Waals surface area contributed by atoms with E-state index < -0.39 is 34.0 Å². The molecule has 17 heteroatoms. The van der Waals surface area contributed by atoms with Crippen LogP contribution in [0.4, 0.5) is 9.59 Å². The summed E-state index contributed by atoms with van der Waals surface area (Å²) in [6.07, 6.45) is 7.95. The van der Waals surface area contributed by atoms with E-state index in [1.165, 1.54) is 31.6 Å². The molecule has 0 aromatic rings. The molecule has 0 saturated carbocycles. The minimum atomic E-state index is -0.818. The maximum absolute atomic E-state index is 12.5. The summed E-state index contributed by atoms with van der Waals surface area (Å²) in [7, 11) is 0. The first kappa shape index (κ1) is 43.6. The van der Waals surface area contributed by atoms with Gasteiger partial charge in [0.25, 0.3) is 5.17 Å². The van der Waals surface area contributed by atoms with Gasteiger partial charge in [0, 0.05) is 70.9 Å². The summed E-state index contributed by atoms with van der Waals surface area (Å²) in [5.74, 6) is -1.62. The highest BCUT2D eigenvalue weighted by Crippen LogP contribution is 2.42. The Morgan fingerprint density at radius 2 is 1.45 bits per heavy atom. The van der Waals surface area contributed by atoms with Gasteiger partial charge in [0.2, 0.25) is 5.72 Å². The van der Waals surface area contributed by atoms with Gasteiger partial charge >= 0.3 is 24.1 Å². The van der Waals surface area contributed by atoms with Crippen LogP contribution in [0.15, 0.2) is 22.1 Å². The molecule has 0 aliphatic carbocycles. The zero-order valence-corrected chi connectivity index (χ0v) is 33.4. The Kier molecular flexibility index (Phi) is 16.1. The number of ether oxygens (including phenoxy) is 4. The molecule has 3 fully saturated rings. The third-order valence-electron chi connectivity index (χ3n) is 8.98. The van der Waals surface area contributed by atoms with Gasteiger partial charge in [0.05, 0.1) is 19.1 Å². The van der Waals surface area contributed by atoms with Crippen LogP contribution in [0.2, 0.25) is 0 Å². The third-order valence-corrected chi connectivity index (χ3v) is 9.21. The fraction of sp³-hybridized carbons (Fsp3) is 0.778. The average Bonchev–Trinajstić information content (AvgIpc) is 3.89. The number of rotatable bonds is 6. The predicted octanol–water partition coefficient (Wildman–Crippen LogP) is 5.17. The average molecular weight is 771 g/mol. The van der Waals surface area contributed by atoms with Gasteiger partial charge < -0.3 is 43.7 Å². The fourth-order valence-corrected chi connectivity index (χ4v) is 6.66. The highest BCUT2D eigenvalue weighted by atomic mass is 35.5. The molecule has 2 amide bonds. The minimum absolute atomic E-state index is 0.195. The van der Waals surface area contributed by atoms with Crippen molar-refractivity contribution in [2.75, 3.05) is 65.6 Å². The van der Waals surface area contributed by atoms with Crippen LogP contribution in [0.3, 0.4) is 0 Å². The molecule has 0 spiro atoms. The van der Waals surface area contributed by atoms with Gasteiger partial charge in [0.1, 0.15) is 11.2 Å². The second-order valence-corrected chi connectivity index (χ2v) is 15.6. The van der Waals surface area contributed by atoms with Crippen LogP contribution in [0.5, 0.6) is 0 Å². The summed E-state index contributed by atoms with van der Waals surface area (Å²) < 4.78 is 20.4. The SMILES string of the molecule is CC(C)(C)OC(=O)N1CC=C(N2CCCC2)CC1.CCOC(=O)/C(Cl)=N/O.CCOC(=O)C1=NOC2(N3CCCC3)CCN(C(=O)OC(C)(C)C)CC12. The van der Waals surface area contributed by atoms with E-state index in [-0.39, 0.29) is 37.0 Å². The lowest BCUT2D eigenvalue weighted by molar-refractivity contribution is -0.175. The molecule has 3 saturated heterocycles. The molecule has 5 heterocycles. The predicted molar refractivity (Wildman–Crippen MR) is 198 cm³/mol. The molecule has 0 radical (unpaired) electrons. The number of esters is 2. The summed E-state index contributed by atoms with van der Waals surface area (Å²) in [5, 5.41) is 13.8. The molecule has 0 bridgehead atoms. The van der Waals surface area contributed by atoms with Gasteiger partial charge in [-0.3, -0.25) is 4.90 Å². The van der Waals surface area contributed by atoms with Crippen molar-refractivity contribution in [3.8, 4) is 0 Å². The Morgan fingerprint density at radius 1 is 0.887 bits per heavy atom. The molecule has 5 aliphatic heterocycles. The molecule has 5 rings (SSSR count). The van der Waals surface area contributed by atoms with Crippen molar-refractivity contribution in [1.29, 1.82) is 0 Å². The Hall–Kier alpha value is -3.79. The highest BCUT2D eigenvalue weighted by molar-refractivity contribution is 6.81. The van der Waals surface area contributed by atoms with Gasteiger partial charge in [-0.15, -0.1) is 0 Å². The summed E-state index contributed by atoms with van der Waals surface area (Å²) in [5.41, 5.74) is 0.0529. The van der Waals surface area contributed by atoms with Crippen molar-refractivity contribution in [1.82, 2.24) is 19.6 Å². The first-order valence-electron chi connectivity index (χ1n) is 18.6. The first-order chi connectivity index (χ1) is 24.9. The normalized spacial score (nSPS) is 23.2. The number of likely N-dealkylation sites (tertiary alicyclic amines) is 3. The molecule has 1 N–H and O–H groups in total. The topological polar surface area (TPSA) is 172 Å². The molecule has 0 aromatic carbocycles. The zero-order chi connectivity index (χ0) is 39.4. The van der Waals surface area contributed by atoms with Gasteiger partial charge in [-0.25, -0.2) is 19.2 Å². The maximum Gasteiger partial charge on any atom is 0.410 e. The van der Waals surface area contributed by atoms with E-state index in [0.29, 0.717) is 26.1 Å². The number of nitrogens with zero attached hydrogens (tertiary/aromatic N) is 6. The van der Waals surface area contributed by atoms with Gasteiger partial charge in [-0.05, 0) is 87.1 Å². The van der Waals surface area contributed by atoms with Crippen LogP contribution in [0.25, 0.3) is 0 Å². The second-order valence-electron chi connectivity index (χ2n) is 15.2. The maximum atomic E-state index is 12.5. The molecule has 300 valence electrons. The number of oxime groups is 2. The Labute approximate surface area is 318 Å². The van der Waals surface area contributed by atoms with E-state index in [2.05, 4.69) is 30.9 Å². The standard InChI is InChI=1S/C18H29N3O5.C14H24N2O2.C4H6ClNO3/c1-5-24-15(22)14-13-12-20(16(23)25-17(2,3)4)11-8-18(13,26-19-14)21-9-6-7-10-21;1-14(2,3)18-13(17)16-10-6-12(7-11-16)15-8-4-5-9-15;1-2-9-4(7)3(5)6-8/h13H,5-12H2,1-4H3;6H,4-5,7-11H2,1-3H3;8H,2H2,1H3/b;;6-3-. The van der Waals surface area contributed by atoms with Gasteiger partial charge in [-0.1, -0.05) is 21.9 Å². The molecule has 5 aliphatic rings. The number of piperidine rings is 1. The van der Waals surface area contributed by atoms with Crippen LogP contribution >= 0.6 is 11.6 Å². The summed E-state index contributed by atoms with van der Waals surface area (Å²) >= 11 is 5.02. The third kappa shape index (κ3) is 12.7. The number of carbonyl (C=O) groups is 4. The summed E-state index contributed by atoms with van der Waals surface area (Å²) in [4.78, 5) is 61.1. The molecule has 2 unspecified atom stereocenters. The van der Waals surface area contributed by atoms with Crippen molar-refractivity contribution < 1.29 is 48.2 Å². The van der Waals surface area contributed by atoms with E-state index >= 15 is 0 Å². The minimum Gasteiger partial charge on any atom is -0.461 e. The number of amides is 2. The number of halogens is 1. The number of carbonyl (C=O) groups excluding carboxylic acids is 4.